The van der Waals surface area contributed by atoms with E-state index in [0.29, 0.717) is 37.5 Å². The number of hydrogen-bond acceptors (Lipinski definition) is 3. The number of benzene rings is 1. The highest BCUT2D eigenvalue weighted by Gasteiger charge is 2.29. The standard InChI is InChI=1S/C17H26N2O3S/c1-4-5-6-17(20)18-9-11-19(12-10-18)23(21,22)16-8-7-14(2)15(3)13-16/h7-8,13H,4-6,9-12H2,1-3H3. The molecule has 0 saturated carbocycles. The fraction of sp³-hybridized carbons (Fsp3) is 0.588. The van der Waals surface area contributed by atoms with Crippen molar-refractivity contribution in [2.45, 2.75) is 44.9 Å². The van der Waals surface area contributed by atoms with Crippen LogP contribution in [0.4, 0.5) is 0 Å². The van der Waals surface area contributed by atoms with Crippen LogP contribution < -0.4 is 0 Å². The van der Waals surface area contributed by atoms with Gasteiger partial charge >= 0.3 is 0 Å². The third-order valence-electron chi connectivity index (χ3n) is 4.45. The third kappa shape index (κ3) is 4.12. The fourth-order valence-corrected chi connectivity index (χ4v) is 4.20. The molecule has 0 radical (unpaired) electrons. The van der Waals surface area contributed by atoms with E-state index < -0.39 is 10.0 Å². The molecule has 1 fully saturated rings. The maximum absolute atomic E-state index is 12.7. The van der Waals surface area contributed by atoms with E-state index in [1.807, 2.05) is 19.9 Å². The van der Waals surface area contributed by atoms with Crippen LogP contribution in [0.1, 0.15) is 37.3 Å². The van der Waals surface area contributed by atoms with Gasteiger partial charge in [-0.25, -0.2) is 8.42 Å². The number of sulfonamides is 1. The lowest BCUT2D eigenvalue weighted by Crippen LogP contribution is -2.50. The molecule has 1 aliphatic rings. The molecule has 1 amide bonds. The summed E-state index contributed by atoms with van der Waals surface area (Å²) in [6.07, 6.45) is 2.44. The molecule has 1 aliphatic heterocycles. The second-order valence-electron chi connectivity index (χ2n) is 6.13. The largest absolute Gasteiger partial charge is 0.340 e. The summed E-state index contributed by atoms with van der Waals surface area (Å²) < 4.78 is 26.9. The van der Waals surface area contributed by atoms with Gasteiger partial charge in [0.2, 0.25) is 15.9 Å². The average Bonchev–Trinajstić information content (AvgIpc) is 2.55. The molecule has 0 N–H and O–H groups in total. The topological polar surface area (TPSA) is 57.7 Å². The van der Waals surface area contributed by atoms with Crippen LogP contribution in [0.25, 0.3) is 0 Å². The first kappa shape index (κ1) is 17.9. The van der Waals surface area contributed by atoms with Gasteiger partial charge in [-0.15, -0.1) is 0 Å². The van der Waals surface area contributed by atoms with Crippen molar-refractivity contribution < 1.29 is 13.2 Å². The number of carbonyl (C=O) groups excluding carboxylic acids is 1. The van der Waals surface area contributed by atoms with Crippen molar-refractivity contribution in [3.05, 3.63) is 29.3 Å². The van der Waals surface area contributed by atoms with E-state index in [4.69, 9.17) is 0 Å². The number of piperazine rings is 1. The van der Waals surface area contributed by atoms with Gasteiger partial charge in [-0.1, -0.05) is 19.4 Å². The first-order valence-corrected chi connectivity index (χ1v) is 9.65. The Labute approximate surface area is 139 Å². The molecule has 128 valence electrons. The summed E-state index contributed by atoms with van der Waals surface area (Å²) >= 11 is 0. The van der Waals surface area contributed by atoms with Crippen molar-refractivity contribution in [1.29, 1.82) is 0 Å². The minimum atomic E-state index is -3.47. The Morgan fingerprint density at radius 3 is 2.30 bits per heavy atom. The number of carbonyl (C=O) groups is 1. The fourth-order valence-electron chi connectivity index (χ4n) is 2.69. The summed E-state index contributed by atoms with van der Waals surface area (Å²) in [5.41, 5.74) is 2.05. The molecule has 1 aromatic carbocycles. The van der Waals surface area contributed by atoms with E-state index in [1.54, 1.807) is 17.0 Å². The normalized spacial score (nSPS) is 16.6. The van der Waals surface area contributed by atoms with E-state index in [0.717, 1.165) is 24.0 Å². The highest BCUT2D eigenvalue weighted by molar-refractivity contribution is 7.89. The summed E-state index contributed by atoms with van der Waals surface area (Å²) in [5, 5.41) is 0. The van der Waals surface area contributed by atoms with Crippen LogP contribution in [0.3, 0.4) is 0 Å². The van der Waals surface area contributed by atoms with Crippen LogP contribution in [0, 0.1) is 13.8 Å². The summed E-state index contributed by atoms with van der Waals surface area (Å²) in [6.45, 7) is 7.63. The number of rotatable bonds is 5. The van der Waals surface area contributed by atoms with Crippen LogP contribution in [-0.4, -0.2) is 49.7 Å². The Morgan fingerprint density at radius 2 is 1.74 bits per heavy atom. The van der Waals surface area contributed by atoms with Gasteiger partial charge in [0, 0.05) is 32.6 Å². The summed E-state index contributed by atoms with van der Waals surface area (Å²) in [6, 6.07) is 5.23. The Hall–Kier alpha value is -1.40. The number of nitrogens with zero attached hydrogens (tertiary/aromatic N) is 2. The van der Waals surface area contributed by atoms with E-state index in [-0.39, 0.29) is 5.91 Å². The Kier molecular flexibility index (Phi) is 5.81. The molecule has 0 atom stereocenters. The van der Waals surface area contributed by atoms with E-state index in [1.165, 1.54) is 4.31 Å². The Bertz CT molecular complexity index is 662. The first-order chi connectivity index (χ1) is 10.9. The third-order valence-corrected chi connectivity index (χ3v) is 6.35. The molecule has 0 bridgehead atoms. The molecule has 0 spiro atoms. The summed E-state index contributed by atoms with van der Waals surface area (Å²) in [4.78, 5) is 14.1. The molecule has 0 aromatic heterocycles. The highest BCUT2D eigenvalue weighted by atomic mass is 32.2. The molecule has 1 heterocycles. The van der Waals surface area contributed by atoms with Gasteiger partial charge in [0.25, 0.3) is 0 Å². The second-order valence-corrected chi connectivity index (χ2v) is 8.07. The monoisotopic (exact) mass is 338 g/mol. The van der Waals surface area contributed by atoms with Crippen molar-refractivity contribution in [3.63, 3.8) is 0 Å². The smallest absolute Gasteiger partial charge is 0.243 e. The second kappa shape index (κ2) is 7.45. The number of aryl methyl sites for hydroxylation is 2. The lowest BCUT2D eigenvalue weighted by atomic mass is 10.1. The SMILES string of the molecule is CCCCC(=O)N1CCN(S(=O)(=O)c2ccc(C)c(C)c2)CC1. The molecular weight excluding hydrogens is 312 g/mol. The lowest BCUT2D eigenvalue weighted by molar-refractivity contribution is -0.132. The molecule has 6 heteroatoms. The Morgan fingerprint density at radius 1 is 1.09 bits per heavy atom. The van der Waals surface area contributed by atoms with Crippen molar-refractivity contribution in [1.82, 2.24) is 9.21 Å². The minimum absolute atomic E-state index is 0.134. The summed E-state index contributed by atoms with van der Waals surface area (Å²) in [5.74, 6) is 0.134. The molecule has 1 aromatic rings. The molecule has 5 nitrogen and oxygen atoms in total. The van der Waals surface area contributed by atoms with E-state index >= 15 is 0 Å². The Balaban J connectivity index is 2.03. The maximum Gasteiger partial charge on any atom is 0.243 e. The predicted octanol–water partition coefficient (Wildman–Crippen LogP) is 2.33. The summed E-state index contributed by atoms with van der Waals surface area (Å²) in [7, 11) is -3.47. The molecule has 1 saturated heterocycles. The predicted molar refractivity (Wildman–Crippen MR) is 90.8 cm³/mol. The van der Waals surface area contributed by atoms with E-state index in [2.05, 4.69) is 6.92 Å². The van der Waals surface area contributed by atoms with Crippen molar-refractivity contribution in [2.75, 3.05) is 26.2 Å². The highest BCUT2D eigenvalue weighted by Crippen LogP contribution is 2.20. The first-order valence-electron chi connectivity index (χ1n) is 8.21. The molecule has 2 rings (SSSR count). The van der Waals surface area contributed by atoms with Gasteiger partial charge in [-0.05, 0) is 43.5 Å². The van der Waals surface area contributed by atoms with E-state index in [9.17, 15) is 13.2 Å². The van der Waals surface area contributed by atoms with Gasteiger partial charge in [0.15, 0.2) is 0 Å². The van der Waals surface area contributed by atoms with Crippen LogP contribution >= 0.6 is 0 Å². The van der Waals surface area contributed by atoms with Crippen LogP contribution in [0.15, 0.2) is 23.1 Å². The van der Waals surface area contributed by atoms with Gasteiger partial charge < -0.3 is 4.90 Å². The van der Waals surface area contributed by atoms with Crippen molar-refractivity contribution in [2.24, 2.45) is 0 Å². The lowest BCUT2D eigenvalue weighted by Gasteiger charge is -2.34. The van der Waals surface area contributed by atoms with Gasteiger partial charge in [0.05, 0.1) is 4.90 Å². The minimum Gasteiger partial charge on any atom is -0.340 e. The van der Waals surface area contributed by atoms with Crippen LogP contribution in [0.5, 0.6) is 0 Å². The zero-order chi connectivity index (χ0) is 17.0. The molecule has 0 aliphatic carbocycles. The van der Waals surface area contributed by atoms with Crippen molar-refractivity contribution >= 4 is 15.9 Å². The van der Waals surface area contributed by atoms with Gasteiger partial charge in [-0.3, -0.25) is 4.79 Å². The zero-order valence-corrected chi connectivity index (χ0v) is 15.0. The number of amides is 1. The molecule has 0 unspecified atom stereocenters. The van der Waals surface area contributed by atoms with Crippen LogP contribution in [-0.2, 0) is 14.8 Å². The molecule has 23 heavy (non-hydrogen) atoms. The zero-order valence-electron chi connectivity index (χ0n) is 14.2. The van der Waals surface area contributed by atoms with Gasteiger partial charge in [0.1, 0.15) is 0 Å². The van der Waals surface area contributed by atoms with Crippen LogP contribution in [0.2, 0.25) is 0 Å². The number of hydrogen-bond donors (Lipinski definition) is 0. The number of unbranched alkanes of at least 4 members (excludes halogenated alkanes) is 1. The van der Waals surface area contributed by atoms with Gasteiger partial charge in [-0.2, -0.15) is 4.31 Å². The maximum atomic E-state index is 12.7. The molecular formula is C17H26N2O3S. The quantitative estimate of drug-likeness (QED) is 0.828. The van der Waals surface area contributed by atoms with Crippen molar-refractivity contribution in [3.8, 4) is 0 Å². The average molecular weight is 338 g/mol.